The zero-order chi connectivity index (χ0) is 15.9. The molecule has 1 amide bonds. The van der Waals surface area contributed by atoms with Gasteiger partial charge in [0.15, 0.2) is 0 Å². The number of nitrogens with one attached hydrogen (secondary N) is 1. The molecule has 1 aliphatic heterocycles. The summed E-state index contributed by atoms with van der Waals surface area (Å²) >= 11 is 6.21. The molecule has 0 saturated carbocycles. The average molecular weight is 324 g/mol. The summed E-state index contributed by atoms with van der Waals surface area (Å²) in [5, 5.41) is 3.81. The second kappa shape index (κ2) is 8.51. The summed E-state index contributed by atoms with van der Waals surface area (Å²) in [5.41, 5.74) is 1.17. The predicted octanol–water partition coefficient (Wildman–Crippen LogP) is 2.23. The fraction of sp³-hybridized carbons (Fsp3) is 0.588. The van der Waals surface area contributed by atoms with E-state index in [1.165, 1.54) is 5.56 Å². The second-order valence-electron chi connectivity index (χ2n) is 6.34. The van der Waals surface area contributed by atoms with Crippen LogP contribution in [0.25, 0.3) is 0 Å². The van der Waals surface area contributed by atoms with Crippen molar-refractivity contribution < 1.29 is 4.79 Å². The molecule has 0 aromatic heterocycles. The van der Waals surface area contributed by atoms with Crippen molar-refractivity contribution in [2.24, 2.45) is 5.92 Å². The van der Waals surface area contributed by atoms with E-state index in [1.54, 1.807) is 0 Å². The highest BCUT2D eigenvalue weighted by atomic mass is 35.5. The lowest BCUT2D eigenvalue weighted by Gasteiger charge is -2.34. The second-order valence-corrected chi connectivity index (χ2v) is 6.75. The first-order valence-corrected chi connectivity index (χ1v) is 8.37. The Kier molecular flexibility index (Phi) is 6.68. The standard InChI is InChI=1S/C17H26ClN3O/c1-14(2)11-19-17(22)13-21-9-7-20(8-10-21)12-15-5-3-4-6-16(15)18/h3-6,14H,7-13H2,1-2H3,(H,19,22). The van der Waals surface area contributed by atoms with Crippen molar-refractivity contribution in [2.45, 2.75) is 20.4 Å². The molecule has 4 nitrogen and oxygen atoms in total. The van der Waals surface area contributed by atoms with Gasteiger partial charge in [0, 0.05) is 44.3 Å². The highest BCUT2D eigenvalue weighted by molar-refractivity contribution is 6.31. The van der Waals surface area contributed by atoms with E-state index in [2.05, 4.69) is 35.0 Å². The van der Waals surface area contributed by atoms with Crippen molar-refractivity contribution in [1.29, 1.82) is 0 Å². The van der Waals surface area contributed by atoms with E-state index < -0.39 is 0 Å². The molecule has 1 heterocycles. The van der Waals surface area contributed by atoms with Gasteiger partial charge in [-0.1, -0.05) is 43.6 Å². The maximum atomic E-state index is 11.8. The Labute approximate surface area is 138 Å². The molecular formula is C17H26ClN3O. The summed E-state index contributed by atoms with van der Waals surface area (Å²) < 4.78 is 0. The van der Waals surface area contributed by atoms with Crippen LogP contribution in [0.1, 0.15) is 19.4 Å². The summed E-state index contributed by atoms with van der Waals surface area (Å²) in [6.07, 6.45) is 0. The topological polar surface area (TPSA) is 35.6 Å². The molecule has 0 spiro atoms. The number of carbonyl (C=O) groups excluding carboxylic acids is 1. The minimum Gasteiger partial charge on any atom is -0.355 e. The summed E-state index contributed by atoms with van der Waals surface area (Å²) in [7, 11) is 0. The van der Waals surface area contributed by atoms with Crippen molar-refractivity contribution in [3.05, 3.63) is 34.9 Å². The number of amides is 1. The van der Waals surface area contributed by atoms with Crippen molar-refractivity contribution >= 4 is 17.5 Å². The molecule has 1 fully saturated rings. The first-order valence-electron chi connectivity index (χ1n) is 7.99. The minimum atomic E-state index is 0.133. The molecule has 122 valence electrons. The number of piperazine rings is 1. The van der Waals surface area contributed by atoms with Gasteiger partial charge in [-0.15, -0.1) is 0 Å². The third-order valence-corrected chi connectivity index (χ3v) is 4.26. The average Bonchev–Trinajstić information content (AvgIpc) is 2.49. The summed E-state index contributed by atoms with van der Waals surface area (Å²) in [6.45, 7) is 10.2. The van der Waals surface area contributed by atoms with Crippen LogP contribution in [0.5, 0.6) is 0 Å². The zero-order valence-electron chi connectivity index (χ0n) is 13.5. The molecule has 0 atom stereocenters. The Morgan fingerprint density at radius 2 is 1.82 bits per heavy atom. The molecule has 1 saturated heterocycles. The van der Waals surface area contributed by atoms with E-state index in [9.17, 15) is 4.79 Å². The van der Waals surface area contributed by atoms with Crippen molar-refractivity contribution in [3.8, 4) is 0 Å². The van der Waals surface area contributed by atoms with Crippen molar-refractivity contribution in [3.63, 3.8) is 0 Å². The van der Waals surface area contributed by atoms with Gasteiger partial charge in [0.1, 0.15) is 0 Å². The molecule has 0 radical (unpaired) electrons. The summed E-state index contributed by atoms with van der Waals surface area (Å²) in [5.74, 6) is 0.629. The lowest BCUT2D eigenvalue weighted by molar-refractivity contribution is -0.122. The van der Waals surface area contributed by atoms with Gasteiger partial charge in [-0.2, -0.15) is 0 Å². The summed E-state index contributed by atoms with van der Waals surface area (Å²) in [6, 6.07) is 8.00. The third-order valence-electron chi connectivity index (χ3n) is 3.89. The number of hydrogen-bond donors (Lipinski definition) is 1. The van der Waals surface area contributed by atoms with E-state index in [1.807, 2.05) is 18.2 Å². The molecule has 1 aromatic carbocycles. The van der Waals surface area contributed by atoms with Crippen LogP contribution in [0.2, 0.25) is 5.02 Å². The summed E-state index contributed by atoms with van der Waals surface area (Å²) in [4.78, 5) is 16.5. The number of hydrogen-bond acceptors (Lipinski definition) is 3. The first kappa shape index (κ1) is 17.3. The molecular weight excluding hydrogens is 298 g/mol. The Morgan fingerprint density at radius 3 is 2.45 bits per heavy atom. The van der Waals surface area contributed by atoms with Gasteiger partial charge < -0.3 is 5.32 Å². The van der Waals surface area contributed by atoms with Crippen LogP contribution in [-0.2, 0) is 11.3 Å². The van der Waals surface area contributed by atoms with E-state index in [4.69, 9.17) is 11.6 Å². The predicted molar refractivity (Wildman–Crippen MR) is 91.0 cm³/mol. The van der Waals surface area contributed by atoms with Gasteiger partial charge in [0.05, 0.1) is 6.54 Å². The lowest BCUT2D eigenvalue weighted by atomic mass is 10.2. The maximum absolute atomic E-state index is 11.8. The van der Waals surface area contributed by atoms with Gasteiger partial charge in [-0.3, -0.25) is 14.6 Å². The molecule has 22 heavy (non-hydrogen) atoms. The van der Waals surface area contributed by atoms with E-state index in [0.29, 0.717) is 12.5 Å². The van der Waals surface area contributed by atoms with E-state index >= 15 is 0 Å². The van der Waals surface area contributed by atoms with Crippen LogP contribution < -0.4 is 5.32 Å². The van der Waals surface area contributed by atoms with E-state index in [-0.39, 0.29) is 5.91 Å². The quantitative estimate of drug-likeness (QED) is 0.872. The fourth-order valence-corrected chi connectivity index (χ4v) is 2.75. The largest absolute Gasteiger partial charge is 0.355 e. The number of benzene rings is 1. The number of carbonyl (C=O) groups is 1. The fourth-order valence-electron chi connectivity index (χ4n) is 2.55. The van der Waals surface area contributed by atoms with Crippen LogP contribution in [0, 0.1) is 5.92 Å². The molecule has 0 unspecified atom stereocenters. The molecule has 1 aliphatic rings. The highest BCUT2D eigenvalue weighted by Crippen LogP contribution is 2.17. The first-order chi connectivity index (χ1) is 10.5. The maximum Gasteiger partial charge on any atom is 0.234 e. The Hall–Kier alpha value is -1.10. The van der Waals surface area contributed by atoms with Crippen molar-refractivity contribution in [1.82, 2.24) is 15.1 Å². The zero-order valence-corrected chi connectivity index (χ0v) is 14.3. The smallest absolute Gasteiger partial charge is 0.234 e. The SMILES string of the molecule is CC(C)CNC(=O)CN1CCN(Cc2ccccc2Cl)CC1. The van der Waals surface area contributed by atoms with Crippen LogP contribution in [0.3, 0.4) is 0 Å². The van der Waals surface area contributed by atoms with Gasteiger partial charge in [0.2, 0.25) is 5.91 Å². The molecule has 1 N–H and O–H groups in total. The Bertz CT molecular complexity index is 485. The Morgan fingerprint density at radius 1 is 1.18 bits per heavy atom. The van der Waals surface area contributed by atoms with Crippen LogP contribution in [0.4, 0.5) is 0 Å². The molecule has 0 bridgehead atoms. The lowest BCUT2D eigenvalue weighted by Crippen LogP contribution is -2.49. The van der Waals surface area contributed by atoms with Crippen LogP contribution >= 0.6 is 11.6 Å². The van der Waals surface area contributed by atoms with Gasteiger partial charge in [0.25, 0.3) is 0 Å². The van der Waals surface area contributed by atoms with E-state index in [0.717, 1.165) is 44.3 Å². The molecule has 5 heteroatoms. The normalized spacial score (nSPS) is 16.9. The molecule has 1 aromatic rings. The van der Waals surface area contributed by atoms with Crippen molar-refractivity contribution in [2.75, 3.05) is 39.3 Å². The molecule has 2 rings (SSSR count). The van der Waals surface area contributed by atoms with Crippen LogP contribution in [-0.4, -0.2) is 55.0 Å². The molecule has 0 aliphatic carbocycles. The third kappa shape index (κ3) is 5.59. The van der Waals surface area contributed by atoms with Crippen LogP contribution in [0.15, 0.2) is 24.3 Å². The monoisotopic (exact) mass is 323 g/mol. The van der Waals surface area contributed by atoms with Gasteiger partial charge in [-0.25, -0.2) is 0 Å². The number of rotatable bonds is 6. The number of nitrogens with zero attached hydrogens (tertiary/aromatic N) is 2. The van der Waals surface area contributed by atoms with Gasteiger partial charge >= 0.3 is 0 Å². The number of halogens is 1. The van der Waals surface area contributed by atoms with Gasteiger partial charge in [-0.05, 0) is 17.5 Å². The highest BCUT2D eigenvalue weighted by Gasteiger charge is 2.19. The Balaban J connectivity index is 1.72. The minimum absolute atomic E-state index is 0.133.